The molecule has 98 valence electrons. The number of benzene rings is 1. The van der Waals surface area contributed by atoms with E-state index in [2.05, 4.69) is 17.0 Å². The lowest BCUT2D eigenvalue weighted by atomic mass is 9.99. The van der Waals surface area contributed by atoms with Crippen molar-refractivity contribution < 1.29 is 5.21 Å². The molecule has 0 radical (unpaired) electrons. The number of oxime groups is 1. The van der Waals surface area contributed by atoms with Crippen LogP contribution in [0.5, 0.6) is 0 Å². The lowest BCUT2D eigenvalue weighted by molar-refractivity contribution is 0.176. The molecule has 1 aromatic carbocycles. The fourth-order valence-electron chi connectivity index (χ4n) is 2.53. The molecule has 0 aliphatic carbocycles. The Morgan fingerprint density at radius 2 is 2.17 bits per heavy atom. The normalized spacial score (nSPS) is 22.1. The van der Waals surface area contributed by atoms with Crippen molar-refractivity contribution in [2.45, 2.75) is 26.3 Å². The number of hydrogen-bond donors (Lipinski definition) is 2. The number of likely N-dealkylation sites (tertiary alicyclic amines) is 1. The minimum atomic E-state index is 0.160. The summed E-state index contributed by atoms with van der Waals surface area (Å²) in [5.41, 5.74) is 7.57. The van der Waals surface area contributed by atoms with Crippen LogP contribution in [-0.4, -0.2) is 29.0 Å². The van der Waals surface area contributed by atoms with Gasteiger partial charge in [-0.3, -0.25) is 4.90 Å². The Hall–Kier alpha value is -1.55. The van der Waals surface area contributed by atoms with Gasteiger partial charge in [0.25, 0.3) is 0 Å². The molecule has 0 aromatic heterocycles. The van der Waals surface area contributed by atoms with Crippen LogP contribution in [0, 0.1) is 5.92 Å². The minimum Gasteiger partial charge on any atom is -0.409 e. The smallest absolute Gasteiger partial charge is 0.170 e. The third kappa shape index (κ3) is 3.23. The molecule has 3 N–H and O–H groups in total. The number of amidine groups is 1. The summed E-state index contributed by atoms with van der Waals surface area (Å²) >= 11 is 0. The van der Waals surface area contributed by atoms with Crippen molar-refractivity contribution in [2.75, 3.05) is 13.1 Å². The summed E-state index contributed by atoms with van der Waals surface area (Å²) in [5, 5.41) is 11.6. The van der Waals surface area contributed by atoms with Crippen molar-refractivity contribution in [3.8, 4) is 0 Å². The largest absolute Gasteiger partial charge is 0.409 e. The average molecular weight is 247 g/mol. The monoisotopic (exact) mass is 247 g/mol. The standard InChI is InChI=1S/C14H21N3O/c1-11-3-2-8-17(9-11)10-12-4-6-13(7-5-12)14(15)16-18/h4-7,11,18H,2-3,8-10H2,1H3,(H2,15,16). The molecule has 1 aromatic rings. The van der Waals surface area contributed by atoms with Crippen LogP contribution in [0.15, 0.2) is 29.4 Å². The van der Waals surface area contributed by atoms with E-state index in [4.69, 9.17) is 10.9 Å². The second-order valence-electron chi connectivity index (χ2n) is 5.16. The van der Waals surface area contributed by atoms with E-state index in [0.29, 0.717) is 0 Å². The van der Waals surface area contributed by atoms with Gasteiger partial charge in [0.05, 0.1) is 0 Å². The molecule has 1 unspecified atom stereocenters. The van der Waals surface area contributed by atoms with E-state index >= 15 is 0 Å². The molecule has 1 aliphatic rings. The summed E-state index contributed by atoms with van der Waals surface area (Å²) < 4.78 is 0. The molecule has 0 saturated carbocycles. The van der Waals surface area contributed by atoms with E-state index in [0.717, 1.165) is 18.0 Å². The lowest BCUT2D eigenvalue weighted by Gasteiger charge is -2.30. The number of nitrogens with zero attached hydrogens (tertiary/aromatic N) is 2. The van der Waals surface area contributed by atoms with Gasteiger partial charge in [0.2, 0.25) is 0 Å². The van der Waals surface area contributed by atoms with Crippen molar-refractivity contribution >= 4 is 5.84 Å². The Balaban J connectivity index is 1.97. The first-order chi connectivity index (χ1) is 8.69. The highest BCUT2D eigenvalue weighted by molar-refractivity contribution is 5.96. The predicted octanol–water partition coefficient (Wildman–Crippen LogP) is 2.01. The second kappa shape index (κ2) is 5.87. The molecule has 18 heavy (non-hydrogen) atoms. The molecule has 1 atom stereocenters. The average Bonchev–Trinajstić information content (AvgIpc) is 2.39. The molecule has 0 amide bonds. The summed E-state index contributed by atoms with van der Waals surface area (Å²) in [6.07, 6.45) is 2.64. The van der Waals surface area contributed by atoms with Crippen molar-refractivity contribution in [1.82, 2.24) is 4.90 Å². The summed E-state index contributed by atoms with van der Waals surface area (Å²) in [7, 11) is 0. The molecule has 2 rings (SSSR count). The number of nitrogens with two attached hydrogens (primary N) is 1. The first kappa shape index (κ1) is 12.9. The lowest BCUT2D eigenvalue weighted by Crippen LogP contribution is -2.33. The highest BCUT2D eigenvalue weighted by Crippen LogP contribution is 2.18. The third-order valence-corrected chi connectivity index (χ3v) is 3.50. The molecule has 4 nitrogen and oxygen atoms in total. The first-order valence-corrected chi connectivity index (χ1v) is 6.48. The third-order valence-electron chi connectivity index (χ3n) is 3.50. The Morgan fingerprint density at radius 1 is 1.44 bits per heavy atom. The van der Waals surface area contributed by atoms with Crippen LogP contribution in [0.1, 0.15) is 30.9 Å². The van der Waals surface area contributed by atoms with Gasteiger partial charge in [-0.25, -0.2) is 0 Å². The van der Waals surface area contributed by atoms with Crippen LogP contribution >= 0.6 is 0 Å². The predicted molar refractivity (Wildman–Crippen MR) is 72.6 cm³/mol. The van der Waals surface area contributed by atoms with Crippen molar-refractivity contribution in [3.63, 3.8) is 0 Å². The molecular weight excluding hydrogens is 226 g/mol. The van der Waals surface area contributed by atoms with Gasteiger partial charge in [-0.1, -0.05) is 36.3 Å². The van der Waals surface area contributed by atoms with E-state index in [9.17, 15) is 0 Å². The fourth-order valence-corrected chi connectivity index (χ4v) is 2.53. The topological polar surface area (TPSA) is 61.8 Å². The maximum Gasteiger partial charge on any atom is 0.170 e. The maximum atomic E-state index is 8.60. The maximum absolute atomic E-state index is 8.60. The van der Waals surface area contributed by atoms with Crippen molar-refractivity contribution in [1.29, 1.82) is 0 Å². The molecule has 0 spiro atoms. The van der Waals surface area contributed by atoms with Crippen LogP contribution in [-0.2, 0) is 6.54 Å². The highest BCUT2D eigenvalue weighted by atomic mass is 16.4. The second-order valence-corrected chi connectivity index (χ2v) is 5.16. The van der Waals surface area contributed by atoms with E-state index in [-0.39, 0.29) is 5.84 Å². The summed E-state index contributed by atoms with van der Waals surface area (Å²) in [6.45, 7) is 5.67. The number of piperidine rings is 1. The quantitative estimate of drug-likeness (QED) is 0.372. The van der Waals surface area contributed by atoms with Crippen molar-refractivity contribution in [3.05, 3.63) is 35.4 Å². The molecule has 4 heteroatoms. The number of rotatable bonds is 3. The Bertz CT molecular complexity index is 414. The Morgan fingerprint density at radius 3 is 2.78 bits per heavy atom. The van der Waals surface area contributed by atoms with Gasteiger partial charge in [0.1, 0.15) is 0 Å². The van der Waals surface area contributed by atoms with E-state index in [1.54, 1.807) is 0 Å². The fraction of sp³-hybridized carbons (Fsp3) is 0.500. The molecule has 1 fully saturated rings. The van der Waals surface area contributed by atoms with Gasteiger partial charge in [-0.2, -0.15) is 0 Å². The van der Waals surface area contributed by atoms with Crippen LogP contribution in [0.4, 0.5) is 0 Å². The molecular formula is C14H21N3O. The zero-order valence-electron chi connectivity index (χ0n) is 10.8. The van der Waals surface area contributed by atoms with Gasteiger partial charge in [-0.15, -0.1) is 0 Å². The van der Waals surface area contributed by atoms with Gasteiger partial charge in [0.15, 0.2) is 5.84 Å². The van der Waals surface area contributed by atoms with E-state index in [1.807, 2.05) is 24.3 Å². The number of hydrogen-bond acceptors (Lipinski definition) is 3. The summed E-state index contributed by atoms with van der Waals surface area (Å²) in [6, 6.07) is 7.90. The SMILES string of the molecule is CC1CCCN(Cc2ccc(/C(N)=N/O)cc2)C1. The van der Waals surface area contributed by atoms with Gasteiger partial charge >= 0.3 is 0 Å². The first-order valence-electron chi connectivity index (χ1n) is 6.48. The minimum absolute atomic E-state index is 0.160. The van der Waals surface area contributed by atoms with E-state index < -0.39 is 0 Å². The highest BCUT2D eigenvalue weighted by Gasteiger charge is 2.16. The summed E-state index contributed by atoms with van der Waals surface area (Å²) in [5.74, 6) is 0.961. The van der Waals surface area contributed by atoms with Gasteiger partial charge in [0, 0.05) is 18.7 Å². The molecule has 1 saturated heterocycles. The van der Waals surface area contributed by atoms with Crippen LogP contribution < -0.4 is 5.73 Å². The summed E-state index contributed by atoms with van der Waals surface area (Å²) in [4.78, 5) is 2.49. The van der Waals surface area contributed by atoms with Crippen LogP contribution in [0.25, 0.3) is 0 Å². The van der Waals surface area contributed by atoms with Crippen LogP contribution in [0.2, 0.25) is 0 Å². The van der Waals surface area contributed by atoms with Crippen molar-refractivity contribution in [2.24, 2.45) is 16.8 Å². The Labute approximate surface area is 108 Å². The van der Waals surface area contributed by atoms with Gasteiger partial charge < -0.3 is 10.9 Å². The van der Waals surface area contributed by atoms with Crippen LogP contribution in [0.3, 0.4) is 0 Å². The van der Waals surface area contributed by atoms with Gasteiger partial charge in [-0.05, 0) is 30.9 Å². The Kier molecular flexibility index (Phi) is 4.20. The zero-order valence-corrected chi connectivity index (χ0v) is 10.8. The molecule has 1 heterocycles. The zero-order chi connectivity index (χ0) is 13.0. The molecule has 0 bridgehead atoms. The molecule has 1 aliphatic heterocycles. The van der Waals surface area contributed by atoms with E-state index in [1.165, 1.54) is 31.5 Å².